The maximum absolute atomic E-state index is 11.5. The first-order chi connectivity index (χ1) is 4.09. The molecule has 3 nitrogen and oxygen atoms in total. The van der Waals surface area contributed by atoms with Crippen LogP contribution < -0.4 is 5.73 Å². The van der Waals surface area contributed by atoms with Crippen LogP contribution in [0.2, 0.25) is 0 Å². The van der Waals surface area contributed by atoms with Crippen molar-refractivity contribution in [1.82, 2.24) is 10.6 Å². The number of carbonyl (C=O) groups is 1. The van der Waals surface area contributed by atoms with Crippen LogP contribution in [-0.4, -0.2) is 24.0 Å². The van der Waals surface area contributed by atoms with Crippen LogP contribution >= 0.6 is 0 Å². The monoisotopic (exact) mass is 137 g/mol. The van der Waals surface area contributed by atoms with Crippen LogP contribution in [0.25, 0.3) is 0 Å². The van der Waals surface area contributed by atoms with Gasteiger partial charge in [0.25, 0.3) is 0 Å². The van der Waals surface area contributed by atoms with Crippen LogP contribution in [0.15, 0.2) is 0 Å². The summed E-state index contributed by atoms with van der Waals surface area (Å²) >= 11 is 0. The van der Waals surface area contributed by atoms with Crippen LogP contribution in [-0.2, 0) is 0 Å². The molecule has 2 amide bonds. The lowest BCUT2D eigenvalue weighted by molar-refractivity contribution is 0.00724. The molecule has 0 aromatic carbocycles. The largest absolute Gasteiger partial charge is 0.340 e. The summed E-state index contributed by atoms with van der Waals surface area (Å²) < 4.78 is 23.1. The van der Waals surface area contributed by atoms with Gasteiger partial charge in [0.2, 0.25) is 0 Å². The number of hydrogen-bond acceptors (Lipinski definition) is 1. The lowest BCUT2D eigenvalue weighted by Crippen LogP contribution is -2.34. The fourth-order valence-corrected chi connectivity index (χ4v) is 0.370. The standard InChI is InChI=1S/C4H7F2N2O/c1-2-8(3(5)6)4(7)9/h3,7H,2H2,1H3. The van der Waals surface area contributed by atoms with E-state index in [0.717, 1.165) is 0 Å². The van der Waals surface area contributed by atoms with Crippen molar-refractivity contribution < 1.29 is 13.6 Å². The molecule has 0 aliphatic carbocycles. The van der Waals surface area contributed by atoms with E-state index in [2.05, 4.69) is 0 Å². The summed E-state index contributed by atoms with van der Waals surface area (Å²) in [6, 6.07) is -1.34. The third-order valence-corrected chi connectivity index (χ3v) is 0.837. The van der Waals surface area contributed by atoms with Gasteiger partial charge in [-0.15, -0.1) is 0 Å². The number of alkyl halides is 2. The zero-order valence-electron chi connectivity index (χ0n) is 4.90. The molecule has 53 valence electrons. The Hall–Kier alpha value is -0.870. The molecule has 0 aliphatic rings. The van der Waals surface area contributed by atoms with Crippen molar-refractivity contribution in [3.63, 3.8) is 0 Å². The van der Waals surface area contributed by atoms with Gasteiger partial charge in [0, 0.05) is 6.54 Å². The van der Waals surface area contributed by atoms with Gasteiger partial charge in [-0.25, -0.2) is 10.5 Å². The van der Waals surface area contributed by atoms with Gasteiger partial charge in [-0.1, -0.05) is 0 Å². The molecule has 0 spiro atoms. The molecular formula is C4H7F2N2O. The molecule has 0 saturated heterocycles. The van der Waals surface area contributed by atoms with Gasteiger partial charge < -0.3 is 0 Å². The van der Waals surface area contributed by atoms with Gasteiger partial charge >= 0.3 is 12.6 Å². The molecule has 0 unspecified atom stereocenters. The molecule has 0 fully saturated rings. The number of carbonyl (C=O) groups excluding carboxylic acids is 1. The van der Waals surface area contributed by atoms with E-state index in [1.807, 2.05) is 0 Å². The summed E-state index contributed by atoms with van der Waals surface area (Å²) in [5, 5.41) is 0. The Labute approximate surface area is 51.4 Å². The topological polar surface area (TPSA) is 44.1 Å². The van der Waals surface area contributed by atoms with Crippen molar-refractivity contribution in [3.05, 3.63) is 0 Å². The summed E-state index contributed by atoms with van der Waals surface area (Å²) in [4.78, 5) is 10.1. The number of rotatable bonds is 2. The van der Waals surface area contributed by atoms with Gasteiger partial charge in [-0.05, 0) is 6.92 Å². The first-order valence-corrected chi connectivity index (χ1v) is 2.40. The number of nitrogens with zero attached hydrogens (tertiary/aromatic N) is 1. The Kier molecular flexibility index (Phi) is 2.90. The zero-order chi connectivity index (χ0) is 7.44. The van der Waals surface area contributed by atoms with Crippen LogP contribution in [0.1, 0.15) is 6.92 Å². The third-order valence-electron chi connectivity index (χ3n) is 0.837. The van der Waals surface area contributed by atoms with Crippen molar-refractivity contribution in [2.75, 3.05) is 6.54 Å². The molecule has 0 atom stereocenters. The molecule has 0 heterocycles. The van der Waals surface area contributed by atoms with Crippen LogP contribution in [0.3, 0.4) is 0 Å². The highest BCUT2D eigenvalue weighted by atomic mass is 19.3. The molecule has 9 heavy (non-hydrogen) atoms. The molecule has 0 saturated carbocycles. The average molecular weight is 137 g/mol. The molecule has 0 aliphatic heterocycles. The van der Waals surface area contributed by atoms with Gasteiger partial charge in [-0.2, -0.15) is 8.78 Å². The van der Waals surface area contributed by atoms with Gasteiger partial charge in [0.15, 0.2) is 0 Å². The predicted octanol–water partition coefficient (Wildman–Crippen LogP) is 0.934. The Morgan fingerprint density at radius 3 is 2.22 bits per heavy atom. The Balaban J connectivity index is 3.83. The molecule has 1 radical (unpaired) electrons. The smallest absolute Gasteiger partial charge is 0.267 e. The van der Waals surface area contributed by atoms with E-state index < -0.39 is 12.6 Å². The highest BCUT2D eigenvalue weighted by Gasteiger charge is 2.17. The fourth-order valence-electron chi connectivity index (χ4n) is 0.370. The number of nitrogens with one attached hydrogen (secondary N) is 1. The molecule has 5 heteroatoms. The number of halogens is 2. The van der Waals surface area contributed by atoms with Crippen molar-refractivity contribution in [1.29, 1.82) is 0 Å². The lowest BCUT2D eigenvalue weighted by atomic mass is 10.6. The Morgan fingerprint density at radius 2 is 2.22 bits per heavy atom. The first kappa shape index (κ1) is 8.13. The number of amides is 2. The summed E-state index contributed by atoms with van der Waals surface area (Å²) in [7, 11) is 0. The second kappa shape index (κ2) is 3.21. The molecule has 1 N–H and O–H groups in total. The maximum Gasteiger partial charge on any atom is 0.340 e. The minimum atomic E-state index is -2.85. The van der Waals surface area contributed by atoms with E-state index in [9.17, 15) is 13.6 Å². The average Bonchev–Trinajstić information content (AvgIpc) is 1.64. The van der Waals surface area contributed by atoms with E-state index in [4.69, 9.17) is 5.73 Å². The van der Waals surface area contributed by atoms with E-state index in [1.165, 1.54) is 6.92 Å². The van der Waals surface area contributed by atoms with Crippen LogP contribution in [0.4, 0.5) is 13.6 Å². The normalized spacial score (nSPS) is 9.78. The lowest BCUT2D eigenvalue weighted by Gasteiger charge is -2.14. The quantitative estimate of drug-likeness (QED) is 0.522. The van der Waals surface area contributed by atoms with Crippen molar-refractivity contribution in [2.24, 2.45) is 0 Å². The van der Waals surface area contributed by atoms with E-state index in [0.29, 0.717) is 0 Å². The van der Waals surface area contributed by atoms with E-state index in [1.54, 1.807) is 0 Å². The molecule has 0 rings (SSSR count). The second-order valence-electron chi connectivity index (χ2n) is 1.37. The minimum Gasteiger partial charge on any atom is -0.267 e. The van der Waals surface area contributed by atoms with Crippen LogP contribution in [0.5, 0.6) is 0 Å². The molecule has 0 bridgehead atoms. The SMILES string of the molecule is CCN(C([NH])=O)C(F)F. The second-order valence-corrected chi connectivity index (χ2v) is 1.37. The third kappa shape index (κ3) is 2.25. The van der Waals surface area contributed by atoms with Crippen molar-refractivity contribution in [3.8, 4) is 0 Å². The molecular weight excluding hydrogens is 130 g/mol. The minimum absolute atomic E-state index is 0.125. The highest BCUT2D eigenvalue weighted by molar-refractivity contribution is 5.71. The fraction of sp³-hybridized carbons (Fsp3) is 0.750. The Bertz CT molecular complexity index is 107. The van der Waals surface area contributed by atoms with Gasteiger partial charge in [0.05, 0.1) is 0 Å². The van der Waals surface area contributed by atoms with Crippen LogP contribution in [0, 0.1) is 0 Å². The molecule has 0 aromatic heterocycles. The number of hydrogen-bond donors (Lipinski definition) is 0. The van der Waals surface area contributed by atoms with Crippen molar-refractivity contribution in [2.45, 2.75) is 13.5 Å². The van der Waals surface area contributed by atoms with Crippen molar-refractivity contribution >= 4 is 6.03 Å². The van der Waals surface area contributed by atoms with E-state index in [-0.39, 0.29) is 11.4 Å². The van der Waals surface area contributed by atoms with Gasteiger partial charge in [-0.3, -0.25) is 4.90 Å². The summed E-state index contributed by atoms with van der Waals surface area (Å²) in [6.07, 6.45) is 0. The first-order valence-electron chi connectivity index (χ1n) is 2.40. The summed E-state index contributed by atoms with van der Waals surface area (Å²) in [5.41, 5.74) is 6.27. The predicted molar refractivity (Wildman–Crippen MR) is 26.9 cm³/mol. The van der Waals surface area contributed by atoms with E-state index >= 15 is 0 Å². The summed E-state index contributed by atoms with van der Waals surface area (Å²) in [5.74, 6) is 0. The molecule has 0 aromatic rings. The number of urea groups is 1. The highest BCUT2D eigenvalue weighted by Crippen LogP contribution is 2.00. The zero-order valence-corrected chi connectivity index (χ0v) is 4.90. The summed E-state index contributed by atoms with van der Waals surface area (Å²) in [6.45, 7) is -1.58. The Morgan fingerprint density at radius 1 is 1.78 bits per heavy atom. The maximum atomic E-state index is 11.5. The van der Waals surface area contributed by atoms with Gasteiger partial charge in [0.1, 0.15) is 0 Å².